The number of nitrogens with zero attached hydrogens (tertiary/aromatic N) is 2. The number of amides is 1. The molecular weight excluding hydrogens is 398 g/mol. The SMILES string of the molecule is CCc1nn(C)c(C(=O)NCc2ccc(Oc3ccc(CC(C)C)cc3)cc2)c1Cl. The molecule has 0 atom stereocenters. The molecule has 0 bridgehead atoms. The highest BCUT2D eigenvalue weighted by atomic mass is 35.5. The van der Waals surface area contributed by atoms with Crippen molar-refractivity contribution in [3.8, 4) is 11.5 Å². The van der Waals surface area contributed by atoms with Crippen molar-refractivity contribution in [1.82, 2.24) is 15.1 Å². The zero-order valence-corrected chi connectivity index (χ0v) is 18.7. The quantitative estimate of drug-likeness (QED) is 0.514. The summed E-state index contributed by atoms with van der Waals surface area (Å²) in [7, 11) is 1.72. The third-order valence-corrected chi connectivity index (χ3v) is 5.18. The molecule has 0 unspecified atom stereocenters. The summed E-state index contributed by atoms with van der Waals surface area (Å²) in [5, 5.41) is 7.60. The van der Waals surface area contributed by atoms with Crippen molar-refractivity contribution in [2.24, 2.45) is 13.0 Å². The Hall–Kier alpha value is -2.79. The molecule has 0 fully saturated rings. The van der Waals surface area contributed by atoms with E-state index in [-0.39, 0.29) is 5.91 Å². The van der Waals surface area contributed by atoms with Crippen molar-refractivity contribution < 1.29 is 9.53 Å². The van der Waals surface area contributed by atoms with Crippen LogP contribution in [0, 0.1) is 5.92 Å². The highest BCUT2D eigenvalue weighted by Crippen LogP contribution is 2.23. The number of hydrogen-bond acceptors (Lipinski definition) is 3. The van der Waals surface area contributed by atoms with Crippen LogP contribution in [0.2, 0.25) is 5.02 Å². The Kier molecular flexibility index (Phi) is 7.16. The number of carbonyl (C=O) groups excluding carboxylic acids is 1. The van der Waals surface area contributed by atoms with Crippen LogP contribution < -0.4 is 10.1 Å². The molecular formula is C24H28ClN3O2. The fourth-order valence-electron chi connectivity index (χ4n) is 3.27. The minimum atomic E-state index is -0.239. The molecule has 1 heterocycles. The number of aromatic nitrogens is 2. The van der Waals surface area contributed by atoms with Crippen LogP contribution in [0.1, 0.15) is 48.1 Å². The van der Waals surface area contributed by atoms with Gasteiger partial charge in [0.15, 0.2) is 0 Å². The van der Waals surface area contributed by atoms with E-state index < -0.39 is 0 Å². The van der Waals surface area contributed by atoms with Gasteiger partial charge < -0.3 is 10.1 Å². The topological polar surface area (TPSA) is 56.2 Å². The summed E-state index contributed by atoms with van der Waals surface area (Å²) >= 11 is 6.28. The fraction of sp³-hybridized carbons (Fsp3) is 0.333. The number of ether oxygens (including phenoxy) is 1. The first-order valence-corrected chi connectivity index (χ1v) is 10.6. The summed E-state index contributed by atoms with van der Waals surface area (Å²) in [6, 6.07) is 15.9. The van der Waals surface area contributed by atoms with Crippen molar-refractivity contribution in [2.75, 3.05) is 0 Å². The van der Waals surface area contributed by atoms with E-state index in [2.05, 4.69) is 36.4 Å². The first-order valence-electron chi connectivity index (χ1n) is 10.2. The second-order valence-corrected chi connectivity index (χ2v) is 8.14. The molecule has 1 amide bonds. The number of nitrogens with one attached hydrogen (secondary N) is 1. The molecule has 1 aromatic heterocycles. The summed E-state index contributed by atoms with van der Waals surface area (Å²) in [6.07, 6.45) is 1.74. The van der Waals surface area contributed by atoms with Crippen LogP contribution in [0.4, 0.5) is 0 Å². The average Bonchev–Trinajstić information content (AvgIpc) is 3.01. The van der Waals surface area contributed by atoms with E-state index in [0.717, 1.165) is 29.2 Å². The molecule has 0 saturated heterocycles. The Morgan fingerprint density at radius 2 is 1.63 bits per heavy atom. The molecule has 158 valence electrons. The Morgan fingerprint density at radius 1 is 1.07 bits per heavy atom. The zero-order chi connectivity index (χ0) is 21.7. The number of benzene rings is 2. The van der Waals surface area contributed by atoms with Gasteiger partial charge in [-0.05, 0) is 54.2 Å². The molecule has 0 aliphatic rings. The summed E-state index contributed by atoms with van der Waals surface area (Å²) in [6.45, 7) is 6.77. The summed E-state index contributed by atoms with van der Waals surface area (Å²) in [5.41, 5.74) is 3.39. The zero-order valence-electron chi connectivity index (χ0n) is 17.9. The lowest BCUT2D eigenvalue weighted by molar-refractivity contribution is 0.0941. The van der Waals surface area contributed by atoms with Crippen molar-refractivity contribution in [3.05, 3.63) is 76.1 Å². The van der Waals surface area contributed by atoms with Gasteiger partial charge >= 0.3 is 0 Å². The Labute approximate surface area is 183 Å². The molecule has 3 aromatic rings. The van der Waals surface area contributed by atoms with Gasteiger partial charge in [-0.3, -0.25) is 9.48 Å². The Bertz CT molecular complexity index is 993. The van der Waals surface area contributed by atoms with Crippen molar-refractivity contribution in [1.29, 1.82) is 0 Å². The number of halogens is 1. The van der Waals surface area contributed by atoms with Crippen molar-refractivity contribution in [2.45, 2.75) is 40.2 Å². The smallest absolute Gasteiger partial charge is 0.271 e. The third-order valence-electron chi connectivity index (χ3n) is 4.78. The number of hydrogen-bond donors (Lipinski definition) is 1. The van der Waals surface area contributed by atoms with E-state index in [9.17, 15) is 4.79 Å². The monoisotopic (exact) mass is 425 g/mol. The molecule has 2 aromatic carbocycles. The lowest BCUT2D eigenvalue weighted by Crippen LogP contribution is -2.25. The van der Waals surface area contributed by atoms with Gasteiger partial charge in [0.25, 0.3) is 5.91 Å². The van der Waals surface area contributed by atoms with Gasteiger partial charge in [0.05, 0.1) is 10.7 Å². The minimum absolute atomic E-state index is 0.239. The van der Waals surface area contributed by atoms with Gasteiger partial charge in [0.2, 0.25) is 0 Å². The van der Waals surface area contributed by atoms with Gasteiger partial charge in [-0.25, -0.2) is 0 Å². The Balaban J connectivity index is 1.57. The van der Waals surface area contributed by atoms with Crippen LogP contribution in [0.15, 0.2) is 48.5 Å². The third kappa shape index (κ3) is 5.42. The van der Waals surface area contributed by atoms with E-state index in [4.69, 9.17) is 16.3 Å². The van der Waals surface area contributed by atoms with Crippen LogP contribution in [0.3, 0.4) is 0 Å². The molecule has 5 nitrogen and oxygen atoms in total. The van der Waals surface area contributed by atoms with Crippen LogP contribution in [0.5, 0.6) is 11.5 Å². The standard InChI is InChI=1S/C24H28ClN3O2/c1-5-21-22(25)23(28(4)27-21)24(29)26-15-18-8-12-20(13-9-18)30-19-10-6-17(7-11-19)14-16(2)3/h6-13,16H,5,14-15H2,1-4H3,(H,26,29). The van der Waals surface area contributed by atoms with E-state index in [1.807, 2.05) is 43.3 Å². The summed E-state index contributed by atoms with van der Waals surface area (Å²) in [5.74, 6) is 1.95. The molecule has 1 N–H and O–H groups in total. The largest absolute Gasteiger partial charge is 0.457 e. The van der Waals surface area contributed by atoms with Crippen molar-refractivity contribution >= 4 is 17.5 Å². The van der Waals surface area contributed by atoms with Gasteiger partial charge in [-0.1, -0.05) is 56.6 Å². The van der Waals surface area contributed by atoms with E-state index in [1.54, 1.807) is 7.05 Å². The van der Waals surface area contributed by atoms with E-state index in [0.29, 0.717) is 29.6 Å². The number of carbonyl (C=O) groups is 1. The van der Waals surface area contributed by atoms with Crippen LogP contribution in [-0.4, -0.2) is 15.7 Å². The predicted octanol–water partition coefficient (Wildman–Crippen LogP) is 5.56. The molecule has 0 radical (unpaired) electrons. The van der Waals surface area contributed by atoms with Gasteiger partial charge in [0.1, 0.15) is 17.2 Å². The maximum atomic E-state index is 12.5. The predicted molar refractivity (Wildman–Crippen MR) is 120 cm³/mol. The number of rotatable bonds is 8. The maximum absolute atomic E-state index is 12.5. The Morgan fingerprint density at radius 3 is 2.13 bits per heavy atom. The normalized spacial score (nSPS) is 11.0. The highest BCUT2D eigenvalue weighted by molar-refractivity contribution is 6.34. The molecule has 0 aliphatic carbocycles. The van der Waals surface area contributed by atoms with Gasteiger partial charge in [0, 0.05) is 13.6 Å². The number of aryl methyl sites for hydroxylation is 2. The molecule has 0 spiro atoms. The first-order chi connectivity index (χ1) is 14.4. The maximum Gasteiger partial charge on any atom is 0.271 e. The van der Waals surface area contributed by atoms with Crippen molar-refractivity contribution in [3.63, 3.8) is 0 Å². The van der Waals surface area contributed by atoms with Gasteiger partial charge in [-0.15, -0.1) is 0 Å². The summed E-state index contributed by atoms with van der Waals surface area (Å²) < 4.78 is 7.45. The van der Waals surface area contributed by atoms with Crippen LogP contribution >= 0.6 is 11.6 Å². The average molecular weight is 426 g/mol. The second kappa shape index (κ2) is 9.81. The lowest BCUT2D eigenvalue weighted by atomic mass is 10.0. The van der Waals surface area contributed by atoms with E-state index >= 15 is 0 Å². The van der Waals surface area contributed by atoms with Crippen LogP contribution in [0.25, 0.3) is 0 Å². The summed E-state index contributed by atoms with van der Waals surface area (Å²) in [4.78, 5) is 12.5. The molecule has 3 rings (SSSR count). The fourth-order valence-corrected chi connectivity index (χ4v) is 3.65. The van der Waals surface area contributed by atoms with E-state index in [1.165, 1.54) is 10.2 Å². The second-order valence-electron chi connectivity index (χ2n) is 7.76. The van der Waals surface area contributed by atoms with Crippen LogP contribution in [-0.2, 0) is 26.4 Å². The first kappa shape index (κ1) is 21.9. The van der Waals surface area contributed by atoms with Gasteiger partial charge in [-0.2, -0.15) is 5.10 Å². The highest BCUT2D eigenvalue weighted by Gasteiger charge is 2.19. The molecule has 0 saturated carbocycles. The molecule has 30 heavy (non-hydrogen) atoms. The minimum Gasteiger partial charge on any atom is -0.457 e. The molecule has 6 heteroatoms. The lowest BCUT2D eigenvalue weighted by Gasteiger charge is -2.10. The molecule has 0 aliphatic heterocycles.